The van der Waals surface area contributed by atoms with Gasteiger partial charge in [-0.1, -0.05) is 44.5 Å². The molecule has 0 saturated carbocycles. The topological polar surface area (TPSA) is 12.4 Å². The van der Waals surface area contributed by atoms with E-state index in [1.165, 1.54) is 16.8 Å². The molecule has 0 unspecified atom stereocenters. The highest BCUT2D eigenvalue weighted by atomic mass is 14.7. The highest BCUT2D eigenvalue weighted by molar-refractivity contribution is 6.01. The van der Waals surface area contributed by atoms with Crippen LogP contribution < -0.4 is 0 Å². The van der Waals surface area contributed by atoms with E-state index in [1.807, 2.05) is 7.05 Å². The highest BCUT2D eigenvalue weighted by Crippen LogP contribution is 2.13. The van der Waals surface area contributed by atoms with E-state index in [0.29, 0.717) is 0 Å². The van der Waals surface area contributed by atoms with Crippen molar-refractivity contribution in [3.8, 4) is 0 Å². The second-order valence-electron chi connectivity index (χ2n) is 3.43. The molecule has 0 aliphatic rings. The summed E-state index contributed by atoms with van der Waals surface area (Å²) >= 11 is 0. The number of rotatable bonds is 4. The quantitative estimate of drug-likeness (QED) is 0.643. The van der Waals surface area contributed by atoms with Crippen LogP contribution in [0.25, 0.3) is 0 Å². The number of hydrogen-bond acceptors (Lipinski definition) is 1. The van der Waals surface area contributed by atoms with Gasteiger partial charge in [-0.05, 0) is 24.0 Å². The summed E-state index contributed by atoms with van der Waals surface area (Å²) in [5.74, 6) is 0. The van der Waals surface area contributed by atoms with E-state index in [9.17, 15) is 0 Å². The van der Waals surface area contributed by atoms with Gasteiger partial charge in [0, 0.05) is 12.8 Å². The first-order chi connectivity index (χ1) is 6.83. The average Bonchev–Trinajstić information content (AvgIpc) is 2.26. The number of benzene rings is 1. The summed E-state index contributed by atoms with van der Waals surface area (Å²) in [6.07, 6.45) is 3.32. The molecule has 1 rings (SSSR count). The molecule has 0 fully saturated rings. The van der Waals surface area contributed by atoms with Crippen LogP contribution in [-0.2, 0) is 6.42 Å². The molecule has 76 valence electrons. The van der Waals surface area contributed by atoms with Crippen molar-refractivity contribution >= 4 is 5.71 Å². The Morgan fingerprint density at radius 2 is 1.93 bits per heavy atom. The summed E-state index contributed by atoms with van der Waals surface area (Å²) in [6.45, 7) is 4.39. The van der Waals surface area contributed by atoms with E-state index in [2.05, 4.69) is 43.1 Å². The molecule has 0 radical (unpaired) electrons. The fraction of sp³-hybridized carbons (Fsp3) is 0.462. The van der Waals surface area contributed by atoms with Gasteiger partial charge >= 0.3 is 0 Å². The van der Waals surface area contributed by atoms with Crippen LogP contribution in [0.3, 0.4) is 0 Å². The van der Waals surface area contributed by atoms with E-state index >= 15 is 0 Å². The Bertz CT molecular complexity index is 313. The van der Waals surface area contributed by atoms with E-state index in [0.717, 1.165) is 19.3 Å². The van der Waals surface area contributed by atoms with Gasteiger partial charge in [-0.15, -0.1) is 0 Å². The van der Waals surface area contributed by atoms with Crippen LogP contribution >= 0.6 is 0 Å². The third-order valence-corrected chi connectivity index (χ3v) is 2.47. The Hall–Kier alpha value is -1.11. The normalized spacial score (nSPS) is 11.8. The van der Waals surface area contributed by atoms with Crippen LogP contribution in [-0.4, -0.2) is 12.8 Å². The Labute approximate surface area is 86.9 Å². The lowest BCUT2D eigenvalue weighted by Gasteiger charge is -2.09. The Morgan fingerprint density at radius 1 is 1.21 bits per heavy atom. The first kappa shape index (κ1) is 11.0. The van der Waals surface area contributed by atoms with Gasteiger partial charge in [-0.2, -0.15) is 0 Å². The van der Waals surface area contributed by atoms with Crippen molar-refractivity contribution in [1.82, 2.24) is 0 Å². The molecule has 0 amide bonds. The van der Waals surface area contributed by atoms with Crippen molar-refractivity contribution in [2.75, 3.05) is 7.05 Å². The SMILES string of the molecule is CCCC(=NC)c1ccccc1CC. The molecule has 0 aromatic heterocycles. The zero-order valence-corrected chi connectivity index (χ0v) is 9.38. The lowest BCUT2D eigenvalue weighted by Crippen LogP contribution is -2.04. The van der Waals surface area contributed by atoms with Gasteiger partial charge in [0.25, 0.3) is 0 Å². The van der Waals surface area contributed by atoms with Gasteiger partial charge in [0.1, 0.15) is 0 Å². The fourth-order valence-electron chi connectivity index (χ4n) is 1.71. The molecule has 1 aromatic carbocycles. The summed E-state index contributed by atoms with van der Waals surface area (Å²) in [5.41, 5.74) is 3.98. The molecule has 0 spiro atoms. The molecule has 0 atom stereocenters. The van der Waals surface area contributed by atoms with Crippen LogP contribution in [0.2, 0.25) is 0 Å². The Morgan fingerprint density at radius 3 is 2.50 bits per heavy atom. The number of nitrogens with zero attached hydrogens (tertiary/aromatic N) is 1. The van der Waals surface area contributed by atoms with E-state index in [-0.39, 0.29) is 0 Å². The molecule has 0 bridgehead atoms. The van der Waals surface area contributed by atoms with E-state index < -0.39 is 0 Å². The predicted octanol–water partition coefficient (Wildman–Crippen LogP) is 3.47. The summed E-state index contributed by atoms with van der Waals surface area (Å²) in [7, 11) is 1.89. The second-order valence-corrected chi connectivity index (χ2v) is 3.43. The molecule has 0 aliphatic heterocycles. The Kier molecular flexibility index (Phi) is 4.37. The van der Waals surface area contributed by atoms with Crippen molar-refractivity contribution in [2.45, 2.75) is 33.1 Å². The van der Waals surface area contributed by atoms with Crippen LogP contribution in [0.1, 0.15) is 37.8 Å². The lowest BCUT2D eigenvalue weighted by molar-refractivity contribution is 0.984. The minimum Gasteiger partial charge on any atom is -0.292 e. The highest BCUT2D eigenvalue weighted by Gasteiger charge is 2.05. The average molecular weight is 189 g/mol. The lowest BCUT2D eigenvalue weighted by atomic mass is 9.98. The molecule has 0 N–H and O–H groups in total. The summed E-state index contributed by atoms with van der Waals surface area (Å²) in [6, 6.07) is 8.56. The first-order valence-corrected chi connectivity index (χ1v) is 5.37. The molecule has 0 aliphatic carbocycles. The summed E-state index contributed by atoms with van der Waals surface area (Å²) < 4.78 is 0. The second kappa shape index (κ2) is 5.58. The van der Waals surface area contributed by atoms with Crippen LogP contribution in [0.5, 0.6) is 0 Å². The van der Waals surface area contributed by atoms with Gasteiger partial charge in [-0.3, -0.25) is 4.99 Å². The van der Waals surface area contributed by atoms with Crippen LogP contribution in [0.4, 0.5) is 0 Å². The van der Waals surface area contributed by atoms with Crippen molar-refractivity contribution in [1.29, 1.82) is 0 Å². The maximum absolute atomic E-state index is 4.37. The monoisotopic (exact) mass is 189 g/mol. The maximum atomic E-state index is 4.37. The minimum atomic E-state index is 1.08. The first-order valence-electron chi connectivity index (χ1n) is 5.37. The number of aliphatic imine (C=N–C) groups is 1. The zero-order valence-electron chi connectivity index (χ0n) is 9.38. The molecule has 1 aromatic rings. The molecular weight excluding hydrogens is 170 g/mol. The van der Waals surface area contributed by atoms with E-state index in [1.54, 1.807) is 0 Å². The molecule has 14 heavy (non-hydrogen) atoms. The smallest absolute Gasteiger partial charge is 0.0419 e. The third-order valence-electron chi connectivity index (χ3n) is 2.47. The third kappa shape index (κ3) is 2.44. The van der Waals surface area contributed by atoms with Gasteiger partial charge in [-0.25, -0.2) is 0 Å². The molecule has 0 saturated heterocycles. The molecule has 0 heterocycles. The fourth-order valence-corrected chi connectivity index (χ4v) is 1.71. The molecular formula is C13H19N. The van der Waals surface area contributed by atoms with Crippen LogP contribution in [0.15, 0.2) is 29.3 Å². The zero-order chi connectivity index (χ0) is 10.4. The van der Waals surface area contributed by atoms with Gasteiger partial charge in [0.15, 0.2) is 0 Å². The minimum absolute atomic E-state index is 1.08. The largest absolute Gasteiger partial charge is 0.292 e. The van der Waals surface area contributed by atoms with Crippen molar-refractivity contribution < 1.29 is 0 Å². The standard InChI is InChI=1S/C13H19N/c1-4-8-13(14-3)12-10-7-6-9-11(12)5-2/h6-7,9-10H,4-5,8H2,1-3H3. The predicted molar refractivity (Wildman–Crippen MR) is 63.2 cm³/mol. The van der Waals surface area contributed by atoms with Crippen LogP contribution in [0, 0.1) is 0 Å². The number of hydrogen-bond donors (Lipinski definition) is 0. The Balaban J connectivity index is 3.03. The molecule has 1 heteroatoms. The van der Waals surface area contributed by atoms with Gasteiger partial charge in [0.2, 0.25) is 0 Å². The summed E-state index contributed by atoms with van der Waals surface area (Å²) in [5, 5.41) is 0. The van der Waals surface area contributed by atoms with Crippen molar-refractivity contribution in [2.24, 2.45) is 4.99 Å². The summed E-state index contributed by atoms with van der Waals surface area (Å²) in [4.78, 5) is 4.37. The van der Waals surface area contributed by atoms with Crippen molar-refractivity contribution in [3.63, 3.8) is 0 Å². The van der Waals surface area contributed by atoms with Gasteiger partial charge in [0.05, 0.1) is 0 Å². The molecule has 1 nitrogen and oxygen atoms in total. The van der Waals surface area contributed by atoms with Gasteiger partial charge < -0.3 is 0 Å². The van der Waals surface area contributed by atoms with E-state index in [4.69, 9.17) is 0 Å². The maximum Gasteiger partial charge on any atom is 0.0419 e. The number of aryl methyl sites for hydroxylation is 1. The van der Waals surface area contributed by atoms with Crippen molar-refractivity contribution in [3.05, 3.63) is 35.4 Å².